The number of amidine groups is 1. The molecule has 1 saturated carbocycles. The van der Waals surface area contributed by atoms with Crippen LogP contribution in [0.1, 0.15) is 46.9 Å². The van der Waals surface area contributed by atoms with Gasteiger partial charge in [-0.05, 0) is 36.8 Å². The van der Waals surface area contributed by atoms with E-state index in [1.54, 1.807) is 6.92 Å². The fourth-order valence-electron chi connectivity index (χ4n) is 4.41. The van der Waals surface area contributed by atoms with E-state index < -0.39 is 35.5 Å². The van der Waals surface area contributed by atoms with Crippen molar-refractivity contribution in [1.29, 1.82) is 5.26 Å². The van der Waals surface area contributed by atoms with Gasteiger partial charge in [-0.2, -0.15) is 5.26 Å². The minimum atomic E-state index is -2.81. The van der Waals surface area contributed by atoms with Crippen LogP contribution in [0.15, 0.2) is 41.5 Å². The maximum atomic E-state index is 14.9. The number of aliphatic imine (C=N–C) groups is 1. The van der Waals surface area contributed by atoms with Crippen LogP contribution in [0, 0.1) is 22.6 Å². The first kappa shape index (κ1) is 21.4. The van der Waals surface area contributed by atoms with Crippen molar-refractivity contribution in [2.24, 2.45) is 16.1 Å². The first-order valence-corrected chi connectivity index (χ1v) is 10.6. The highest BCUT2D eigenvalue weighted by molar-refractivity contribution is 8.13. The van der Waals surface area contributed by atoms with Crippen molar-refractivity contribution in [3.8, 4) is 6.07 Å². The van der Waals surface area contributed by atoms with E-state index in [0.29, 0.717) is 16.9 Å². The Labute approximate surface area is 181 Å². The van der Waals surface area contributed by atoms with E-state index in [1.807, 2.05) is 6.07 Å². The maximum absolute atomic E-state index is 14.9. The summed E-state index contributed by atoms with van der Waals surface area (Å²) in [4.78, 5) is 21.0. The van der Waals surface area contributed by atoms with Gasteiger partial charge in [-0.1, -0.05) is 17.8 Å². The SMILES string of the molecule is C[C@]1(c2cc(CC(=O)c3ccc(C#N)cn3)ccc2F)N=C(N)SCC12CC(F)(F)C2. The topological polar surface area (TPSA) is 92.1 Å². The van der Waals surface area contributed by atoms with E-state index in [9.17, 15) is 18.0 Å². The Bertz CT molecular complexity index is 1120. The zero-order valence-corrected chi connectivity index (χ0v) is 17.5. The summed E-state index contributed by atoms with van der Waals surface area (Å²) in [5.74, 6) is -3.37. The lowest BCUT2D eigenvalue weighted by molar-refractivity contribution is -0.178. The van der Waals surface area contributed by atoms with Crippen molar-refractivity contribution in [2.75, 3.05) is 5.75 Å². The molecule has 2 aromatic rings. The van der Waals surface area contributed by atoms with Gasteiger partial charge in [0.05, 0.1) is 11.1 Å². The summed E-state index contributed by atoms with van der Waals surface area (Å²) in [6.45, 7) is 1.64. The predicted molar refractivity (Wildman–Crippen MR) is 111 cm³/mol. The fourth-order valence-corrected chi connectivity index (χ4v) is 5.57. The van der Waals surface area contributed by atoms with Gasteiger partial charge in [0.15, 0.2) is 11.0 Å². The summed E-state index contributed by atoms with van der Waals surface area (Å²) in [5.41, 5.74) is 4.91. The van der Waals surface area contributed by atoms with E-state index in [-0.39, 0.29) is 28.6 Å². The third-order valence-corrected chi connectivity index (χ3v) is 7.24. The molecule has 0 amide bonds. The number of aromatic nitrogens is 1. The summed E-state index contributed by atoms with van der Waals surface area (Å²) in [7, 11) is 0. The second-order valence-corrected chi connectivity index (χ2v) is 9.25. The molecule has 1 aliphatic heterocycles. The number of benzene rings is 1. The van der Waals surface area contributed by atoms with Crippen molar-refractivity contribution in [3.05, 3.63) is 64.7 Å². The molecular weight excluding hydrogens is 425 g/mol. The highest BCUT2D eigenvalue weighted by Gasteiger charge is 2.66. The molecule has 1 aromatic carbocycles. The molecule has 160 valence electrons. The summed E-state index contributed by atoms with van der Waals surface area (Å²) in [5, 5.41) is 9.07. The summed E-state index contributed by atoms with van der Waals surface area (Å²) < 4.78 is 42.7. The Kier molecular flexibility index (Phi) is 5.09. The smallest absolute Gasteiger partial charge is 0.249 e. The normalized spacial score (nSPS) is 23.5. The average Bonchev–Trinajstić information content (AvgIpc) is 2.71. The molecule has 9 heteroatoms. The van der Waals surface area contributed by atoms with Gasteiger partial charge in [-0.15, -0.1) is 0 Å². The summed E-state index contributed by atoms with van der Waals surface area (Å²) in [6.07, 6.45) is 0.470. The molecule has 1 aliphatic carbocycles. The zero-order chi connectivity index (χ0) is 22.4. The van der Waals surface area contributed by atoms with Gasteiger partial charge < -0.3 is 5.73 Å². The number of nitriles is 1. The molecule has 0 radical (unpaired) electrons. The van der Waals surface area contributed by atoms with E-state index in [2.05, 4.69) is 9.98 Å². The van der Waals surface area contributed by atoms with Gasteiger partial charge in [-0.3, -0.25) is 14.8 Å². The molecule has 4 rings (SSSR count). The van der Waals surface area contributed by atoms with Gasteiger partial charge in [0.2, 0.25) is 5.92 Å². The van der Waals surface area contributed by atoms with Gasteiger partial charge in [-0.25, -0.2) is 13.2 Å². The molecular formula is C22H19F3N4OS. The number of hydrogen-bond acceptors (Lipinski definition) is 6. The number of thioether (sulfide) groups is 1. The summed E-state index contributed by atoms with van der Waals surface area (Å²) >= 11 is 1.21. The van der Waals surface area contributed by atoms with Crippen molar-refractivity contribution in [1.82, 2.24) is 4.98 Å². The van der Waals surface area contributed by atoms with Crippen LogP contribution in [-0.2, 0) is 12.0 Å². The molecule has 0 unspecified atom stereocenters. The number of halogens is 3. The number of nitrogens with two attached hydrogens (primary N) is 1. The van der Waals surface area contributed by atoms with E-state index in [0.717, 1.165) is 0 Å². The molecule has 5 nitrogen and oxygen atoms in total. The van der Waals surface area contributed by atoms with Crippen LogP contribution in [0.3, 0.4) is 0 Å². The van der Waals surface area contributed by atoms with Crippen molar-refractivity contribution < 1.29 is 18.0 Å². The van der Waals surface area contributed by atoms with Crippen LogP contribution in [0.2, 0.25) is 0 Å². The highest BCUT2D eigenvalue weighted by Crippen LogP contribution is 2.64. The zero-order valence-electron chi connectivity index (χ0n) is 16.7. The second kappa shape index (κ2) is 7.38. The van der Waals surface area contributed by atoms with Gasteiger partial charge in [0, 0.05) is 42.2 Å². The van der Waals surface area contributed by atoms with Crippen LogP contribution in [0.5, 0.6) is 0 Å². The van der Waals surface area contributed by atoms with Crippen molar-refractivity contribution in [2.45, 2.75) is 37.6 Å². The monoisotopic (exact) mass is 444 g/mol. The molecule has 0 bridgehead atoms. The quantitative estimate of drug-likeness (QED) is 0.714. The first-order valence-electron chi connectivity index (χ1n) is 9.62. The molecule has 1 aromatic heterocycles. The number of pyridine rings is 1. The Morgan fingerprint density at radius 2 is 2.03 bits per heavy atom. The number of carbonyl (C=O) groups excluding carboxylic acids is 1. The summed E-state index contributed by atoms with van der Waals surface area (Å²) in [6, 6.07) is 9.11. The molecule has 2 heterocycles. The molecule has 1 atom stereocenters. The van der Waals surface area contributed by atoms with E-state index in [4.69, 9.17) is 11.0 Å². The minimum Gasteiger partial charge on any atom is -0.379 e. The lowest BCUT2D eigenvalue weighted by Crippen LogP contribution is -2.60. The number of carbonyl (C=O) groups is 1. The Hall–Kier alpha value is -2.86. The molecule has 1 spiro atoms. The van der Waals surface area contributed by atoms with E-state index in [1.165, 1.54) is 48.3 Å². The molecule has 31 heavy (non-hydrogen) atoms. The Morgan fingerprint density at radius 1 is 1.29 bits per heavy atom. The van der Waals surface area contributed by atoms with Crippen molar-refractivity contribution >= 4 is 22.7 Å². The Morgan fingerprint density at radius 3 is 2.65 bits per heavy atom. The van der Waals surface area contributed by atoms with Crippen LogP contribution in [0.25, 0.3) is 0 Å². The first-order chi connectivity index (χ1) is 14.6. The van der Waals surface area contributed by atoms with Crippen LogP contribution >= 0.6 is 11.8 Å². The molecule has 0 saturated heterocycles. The van der Waals surface area contributed by atoms with Gasteiger partial charge >= 0.3 is 0 Å². The molecule has 2 N–H and O–H groups in total. The van der Waals surface area contributed by atoms with Gasteiger partial charge in [0.1, 0.15) is 17.6 Å². The fraction of sp³-hybridized carbons (Fsp3) is 0.364. The third-order valence-electron chi connectivity index (χ3n) is 6.16. The molecule has 1 fully saturated rings. The maximum Gasteiger partial charge on any atom is 0.249 e. The highest BCUT2D eigenvalue weighted by atomic mass is 32.2. The predicted octanol–water partition coefficient (Wildman–Crippen LogP) is 4.21. The number of Topliss-reactive ketones (excluding diaryl/α,β-unsaturated/α-hetero) is 1. The largest absolute Gasteiger partial charge is 0.379 e. The standard InChI is InChI=1S/C22H19F3N4OS/c1-20(21(10-22(24,25)11-21)12-31-19(27)29-20)15-6-13(2-4-16(15)23)7-18(30)17-5-3-14(8-26)9-28-17/h2-6,9H,7,10-12H2,1H3,(H2,27,29)/t20-/m1/s1. The van der Waals surface area contributed by atoms with Crippen molar-refractivity contribution in [3.63, 3.8) is 0 Å². The van der Waals surface area contributed by atoms with Crippen LogP contribution in [0.4, 0.5) is 13.2 Å². The van der Waals surface area contributed by atoms with Gasteiger partial charge in [0.25, 0.3) is 0 Å². The number of nitrogens with zero attached hydrogens (tertiary/aromatic N) is 3. The van der Waals surface area contributed by atoms with Crippen LogP contribution < -0.4 is 5.73 Å². The Balaban J connectivity index is 1.67. The number of alkyl halides is 2. The average molecular weight is 444 g/mol. The van der Waals surface area contributed by atoms with E-state index >= 15 is 0 Å². The lowest BCUT2D eigenvalue weighted by atomic mass is 9.55. The van der Waals surface area contributed by atoms with Crippen LogP contribution in [-0.4, -0.2) is 27.6 Å². The lowest BCUT2D eigenvalue weighted by Gasteiger charge is -2.57. The molecule has 2 aliphatic rings. The number of hydrogen-bond donors (Lipinski definition) is 1. The number of ketones is 1. The number of rotatable bonds is 4. The second-order valence-electron chi connectivity index (χ2n) is 8.26. The minimum absolute atomic E-state index is 0.0562. The third kappa shape index (κ3) is 3.69.